The lowest BCUT2D eigenvalue weighted by molar-refractivity contribution is 0.127. The predicted octanol–water partition coefficient (Wildman–Crippen LogP) is 2.08. The van der Waals surface area contributed by atoms with Crippen molar-refractivity contribution in [3.63, 3.8) is 0 Å². The lowest BCUT2D eigenvalue weighted by atomic mass is 10.3. The molecule has 100 valence electrons. The largest absolute Gasteiger partial charge is 0.507 e. The van der Waals surface area contributed by atoms with Crippen LogP contribution < -0.4 is 4.72 Å². The summed E-state index contributed by atoms with van der Waals surface area (Å²) in [6.07, 6.45) is 1.43. The highest BCUT2D eigenvalue weighted by molar-refractivity contribution is 9.10. The molecule has 18 heavy (non-hydrogen) atoms. The molecule has 1 saturated heterocycles. The number of rotatable bonds is 4. The van der Waals surface area contributed by atoms with Gasteiger partial charge in [-0.3, -0.25) is 4.72 Å². The molecule has 5 nitrogen and oxygen atoms in total. The number of halogens is 1. The fourth-order valence-corrected chi connectivity index (χ4v) is 3.66. The molecule has 0 bridgehead atoms. The molecule has 1 aromatic rings. The first-order valence-corrected chi connectivity index (χ1v) is 8.02. The topological polar surface area (TPSA) is 75.6 Å². The van der Waals surface area contributed by atoms with Gasteiger partial charge in [0.2, 0.25) is 10.0 Å². The van der Waals surface area contributed by atoms with Gasteiger partial charge in [0.1, 0.15) is 5.75 Å². The first kappa shape index (κ1) is 13.6. The summed E-state index contributed by atoms with van der Waals surface area (Å²) in [6, 6.07) is 4.63. The summed E-state index contributed by atoms with van der Waals surface area (Å²) in [4.78, 5) is 0. The third kappa shape index (κ3) is 3.37. The van der Waals surface area contributed by atoms with E-state index in [2.05, 4.69) is 20.7 Å². The third-order valence-electron chi connectivity index (χ3n) is 2.67. The number of aromatic hydroxyl groups is 1. The van der Waals surface area contributed by atoms with E-state index in [4.69, 9.17) is 4.74 Å². The SMILES string of the molecule is O=S(=O)(CC1CCCO1)Nc1cccc(O)c1Br. The van der Waals surface area contributed by atoms with Gasteiger partial charge in [-0.2, -0.15) is 0 Å². The molecule has 1 aliphatic rings. The summed E-state index contributed by atoms with van der Waals surface area (Å²) in [5.41, 5.74) is 0.327. The van der Waals surface area contributed by atoms with Crippen LogP contribution in [0.15, 0.2) is 22.7 Å². The average molecular weight is 336 g/mol. The summed E-state index contributed by atoms with van der Waals surface area (Å²) in [5.74, 6) is -0.0675. The summed E-state index contributed by atoms with van der Waals surface area (Å²) in [7, 11) is -3.47. The Labute approximate surface area is 114 Å². The van der Waals surface area contributed by atoms with Crippen LogP contribution in [0.1, 0.15) is 12.8 Å². The molecule has 0 radical (unpaired) electrons. The van der Waals surface area contributed by atoms with Crippen LogP contribution in [-0.2, 0) is 14.8 Å². The summed E-state index contributed by atoms with van der Waals surface area (Å²) < 4.78 is 31.9. The van der Waals surface area contributed by atoms with Gasteiger partial charge in [0.05, 0.1) is 22.0 Å². The van der Waals surface area contributed by atoms with Crippen molar-refractivity contribution in [2.24, 2.45) is 0 Å². The minimum atomic E-state index is -3.47. The average Bonchev–Trinajstić information content (AvgIpc) is 2.76. The van der Waals surface area contributed by atoms with E-state index in [0.717, 1.165) is 12.8 Å². The highest BCUT2D eigenvalue weighted by Crippen LogP contribution is 2.32. The second-order valence-electron chi connectivity index (χ2n) is 4.16. The molecule has 1 unspecified atom stereocenters. The van der Waals surface area contributed by atoms with Crippen LogP contribution in [0.2, 0.25) is 0 Å². The molecule has 0 amide bonds. The Hall–Kier alpha value is -0.790. The zero-order valence-electron chi connectivity index (χ0n) is 9.60. The van der Waals surface area contributed by atoms with Crippen LogP contribution in [0.3, 0.4) is 0 Å². The van der Waals surface area contributed by atoms with Crippen LogP contribution in [0.4, 0.5) is 5.69 Å². The Morgan fingerprint density at radius 1 is 1.50 bits per heavy atom. The van der Waals surface area contributed by atoms with Gasteiger partial charge in [-0.25, -0.2) is 8.42 Å². The molecule has 1 heterocycles. The maximum atomic E-state index is 11.9. The van der Waals surface area contributed by atoms with Crippen molar-refractivity contribution in [1.82, 2.24) is 0 Å². The highest BCUT2D eigenvalue weighted by Gasteiger charge is 2.24. The maximum Gasteiger partial charge on any atom is 0.235 e. The molecule has 1 atom stereocenters. The molecule has 1 aliphatic heterocycles. The number of phenolic OH excluding ortho intramolecular Hbond substituents is 1. The van der Waals surface area contributed by atoms with Crippen LogP contribution in [-0.4, -0.2) is 32.0 Å². The molecule has 1 fully saturated rings. The Kier molecular flexibility index (Phi) is 4.14. The normalized spacial score (nSPS) is 19.9. The molecule has 2 rings (SSSR count). The second-order valence-corrected chi connectivity index (χ2v) is 6.72. The van der Waals surface area contributed by atoms with Crippen molar-refractivity contribution in [3.05, 3.63) is 22.7 Å². The Morgan fingerprint density at radius 2 is 2.28 bits per heavy atom. The van der Waals surface area contributed by atoms with Gasteiger partial charge in [0, 0.05) is 6.61 Å². The maximum absolute atomic E-state index is 11.9. The standard InChI is InChI=1S/C11H14BrNO4S/c12-11-9(4-1-5-10(11)14)13-18(15,16)7-8-3-2-6-17-8/h1,4-5,8,13-14H,2-3,6-7H2. The molecule has 0 saturated carbocycles. The van der Waals surface area contributed by atoms with E-state index < -0.39 is 10.0 Å². The quantitative estimate of drug-likeness (QED) is 0.883. The zero-order valence-corrected chi connectivity index (χ0v) is 12.0. The van der Waals surface area contributed by atoms with E-state index in [1.807, 2.05) is 0 Å². The monoisotopic (exact) mass is 335 g/mol. The molecule has 7 heteroatoms. The Bertz CT molecular complexity index is 526. The van der Waals surface area contributed by atoms with Crippen molar-refractivity contribution < 1.29 is 18.3 Å². The number of phenols is 1. The van der Waals surface area contributed by atoms with Crippen LogP contribution >= 0.6 is 15.9 Å². The number of ether oxygens (including phenoxy) is 1. The van der Waals surface area contributed by atoms with E-state index >= 15 is 0 Å². The first-order chi connectivity index (χ1) is 8.48. The van der Waals surface area contributed by atoms with Crippen molar-refractivity contribution in [1.29, 1.82) is 0 Å². The van der Waals surface area contributed by atoms with E-state index in [1.165, 1.54) is 6.07 Å². The van der Waals surface area contributed by atoms with Crippen LogP contribution in [0.5, 0.6) is 5.75 Å². The fourth-order valence-electron chi connectivity index (χ4n) is 1.83. The highest BCUT2D eigenvalue weighted by atomic mass is 79.9. The third-order valence-corrected chi connectivity index (χ3v) is 4.85. The van der Waals surface area contributed by atoms with E-state index in [0.29, 0.717) is 16.8 Å². The minimum absolute atomic E-state index is 0.00711. The van der Waals surface area contributed by atoms with Gasteiger partial charge in [0.25, 0.3) is 0 Å². The molecule has 2 N–H and O–H groups in total. The van der Waals surface area contributed by atoms with Crippen molar-refractivity contribution in [3.8, 4) is 5.75 Å². The first-order valence-electron chi connectivity index (χ1n) is 5.57. The fraction of sp³-hybridized carbons (Fsp3) is 0.455. The molecule has 1 aromatic carbocycles. The molecule has 0 spiro atoms. The van der Waals surface area contributed by atoms with Crippen LogP contribution in [0, 0.1) is 0 Å². The lowest BCUT2D eigenvalue weighted by Gasteiger charge is -2.13. The van der Waals surface area contributed by atoms with Gasteiger partial charge in [-0.15, -0.1) is 0 Å². The van der Waals surface area contributed by atoms with Gasteiger partial charge in [-0.1, -0.05) is 6.07 Å². The summed E-state index contributed by atoms with van der Waals surface area (Å²) in [5, 5.41) is 9.47. The second kappa shape index (κ2) is 5.46. The summed E-state index contributed by atoms with van der Waals surface area (Å²) >= 11 is 3.14. The predicted molar refractivity (Wildman–Crippen MR) is 72.2 cm³/mol. The minimum Gasteiger partial charge on any atom is -0.507 e. The van der Waals surface area contributed by atoms with Crippen molar-refractivity contribution in [2.45, 2.75) is 18.9 Å². The van der Waals surface area contributed by atoms with Gasteiger partial charge in [0.15, 0.2) is 0 Å². The number of anilines is 1. The molecular weight excluding hydrogens is 322 g/mol. The number of hydrogen-bond acceptors (Lipinski definition) is 4. The zero-order chi connectivity index (χ0) is 13.2. The van der Waals surface area contributed by atoms with Gasteiger partial charge < -0.3 is 9.84 Å². The number of nitrogens with one attached hydrogen (secondary N) is 1. The van der Waals surface area contributed by atoms with Crippen molar-refractivity contribution >= 4 is 31.6 Å². The van der Waals surface area contributed by atoms with Gasteiger partial charge >= 0.3 is 0 Å². The van der Waals surface area contributed by atoms with E-state index in [9.17, 15) is 13.5 Å². The van der Waals surface area contributed by atoms with Gasteiger partial charge in [-0.05, 0) is 40.9 Å². The number of sulfonamides is 1. The van der Waals surface area contributed by atoms with Crippen LogP contribution in [0.25, 0.3) is 0 Å². The van der Waals surface area contributed by atoms with E-state index in [1.54, 1.807) is 12.1 Å². The number of hydrogen-bond donors (Lipinski definition) is 2. The lowest BCUT2D eigenvalue weighted by Crippen LogP contribution is -2.25. The molecular formula is C11H14BrNO4S. The smallest absolute Gasteiger partial charge is 0.235 e. The molecule has 0 aromatic heterocycles. The van der Waals surface area contributed by atoms with E-state index in [-0.39, 0.29) is 17.6 Å². The summed E-state index contributed by atoms with van der Waals surface area (Å²) in [6.45, 7) is 0.621. The number of benzene rings is 1. The Morgan fingerprint density at radius 3 is 2.94 bits per heavy atom. The van der Waals surface area contributed by atoms with Crippen molar-refractivity contribution in [2.75, 3.05) is 17.1 Å². The molecule has 0 aliphatic carbocycles. The Balaban J connectivity index is 2.09.